The lowest BCUT2D eigenvalue weighted by molar-refractivity contribution is -0.134. The van der Waals surface area contributed by atoms with Crippen LogP contribution in [0.1, 0.15) is 18.6 Å². The molecule has 110 valence electrons. The molecule has 1 aliphatic heterocycles. The molecule has 1 aromatic rings. The molecule has 1 unspecified atom stereocenters. The fourth-order valence-electron chi connectivity index (χ4n) is 2.13. The second-order valence-electron chi connectivity index (χ2n) is 5.22. The maximum absolute atomic E-state index is 12.0. The smallest absolute Gasteiger partial charge is 0.260 e. The summed E-state index contributed by atoms with van der Waals surface area (Å²) in [7, 11) is 2.06. The van der Waals surface area contributed by atoms with Crippen molar-refractivity contribution in [3.63, 3.8) is 0 Å². The molecule has 1 aromatic carbocycles. The van der Waals surface area contributed by atoms with Crippen LogP contribution < -0.4 is 4.74 Å². The fourth-order valence-corrected chi connectivity index (χ4v) is 2.13. The number of nitrogens with zero attached hydrogens (tertiary/aromatic N) is 2. The summed E-state index contributed by atoms with van der Waals surface area (Å²) in [5.74, 6) is 0.676. The normalized spacial score (nSPS) is 17.9. The van der Waals surface area contributed by atoms with Crippen LogP contribution in [0.3, 0.4) is 0 Å². The first kappa shape index (κ1) is 14.8. The van der Waals surface area contributed by atoms with Crippen molar-refractivity contribution in [2.75, 3.05) is 39.8 Å². The van der Waals surface area contributed by atoms with Gasteiger partial charge in [-0.25, -0.2) is 0 Å². The quantitative estimate of drug-likeness (QED) is 0.889. The summed E-state index contributed by atoms with van der Waals surface area (Å²) < 4.78 is 5.50. The first-order chi connectivity index (χ1) is 9.56. The van der Waals surface area contributed by atoms with E-state index in [-0.39, 0.29) is 12.5 Å². The Kier molecular flexibility index (Phi) is 4.98. The molecule has 1 atom stereocenters. The molecule has 5 nitrogen and oxygen atoms in total. The van der Waals surface area contributed by atoms with E-state index in [2.05, 4.69) is 11.9 Å². The molecule has 1 fully saturated rings. The first-order valence-electron chi connectivity index (χ1n) is 6.93. The standard InChI is InChI=1S/C15H22N2O3/c1-12(18)13-3-5-14(6-4-13)20-11-15(19)17-9-7-16(2)8-10-17/h3-6,12,18H,7-11H2,1-2H3. The van der Waals surface area contributed by atoms with E-state index in [1.54, 1.807) is 31.2 Å². The number of benzene rings is 1. The predicted molar refractivity (Wildman–Crippen MR) is 76.6 cm³/mol. The number of likely N-dealkylation sites (N-methyl/N-ethyl adjacent to an activating group) is 1. The van der Waals surface area contributed by atoms with Gasteiger partial charge in [0.25, 0.3) is 5.91 Å². The lowest BCUT2D eigenvalue weighted by Gasteiger charge is -2.32. The van der Waals surface area contributed by atoms with Gasteiger partial charge in [0.05, 0.1) is 6.10 Å². The van der Waals surface area contributed by atoms with Crippen LogP contribution in [0.15, 0.2) is 24.3 Å². The third kappa shape index (κ3) is 3.95. The zero-order chi connectivity index (χ0) is 14.5. The summed E-state index contributed by atoms with van der Waals surface area (Å²) >= 11 is 0. The van der Waals surface area contributed by atoms with Gasteiger partial charge in [0, 0.05) is 26.2 Å². The SMILES string of the molecule is CC(O)c1ccc(OCC(=O)N2CCN(C)CC2)cc1. The molecular weight excluding hydrogens is 256 g/mol. The van der Waals surface area contributed by atoms with Crippen molar-refractivity contribution in [2.45, 2.75) is 13.0 Å². The van der Waals surface area contributed by atoms with Gasteiger partial charge in [0.2, 0.25) is 0 Å². The summed E-state index contributed by atoms with van der Waals surface area (Å²) in [6.45, 7) is 5.13. The molecule has 0 saturated carbocycles. The van der Waals surface area contributed by atoms with Gasteiger partial charge in [-0.1, -0.05) is 12.1 Å². The maximum atomic E-state index is 12.0. The van der Waals surface area contributed by atoms with Crippen LogP contribution in [-0.4, -0.2) is 60.6 Å². The van der Waals surface area contributed by atoms with E-state index in [4.69, 9.17) is 4.74 Å². The van der Waals surface area contributed by atoms with Gasteiger partial charge in [-0.2, -0.15) is 0 Å². The van der Waals surface area contributed by atoms with Crippen molar-refractivity contribution in [1.29, 1.82) is 0 Å². The van der Waals surface area contributed by atoms with Crippen LogP contribution >= 0.6 is 0 Å². The van der Waals surface area contributed by atoms with Crippen LogP contribution in [0.5, 0.6) is 5.75 Å². The molecular formula is C15H22N2O3. The van der Waals surface area contributed by atoms with Crippen LogP contribution in [-0.2, 0) is 4.79 Å². The zero-order valence-electron chi connectivity index (χ0n) is 12.1. The molecule has 1 amide bonds. The Balaban J connectivity index is 1.81. The Morgan fingerprint density at radius 2 is 1.85 bits per heavy atom. The summed E-state index contributed by atoms with van der Waals surface area (Å²) in [5.41, 5.74) is 0.836. The number of rotatable bonds is 4. The molecule has 0 radical (unpaired) electrons. The molecule has 0 spiro atoms. The van der Waals surface area contributed by atoms with Crippen LogP contribution in [0.2, 0.25) is 0 Å². The van der Waals surface area contributed by atoms with Gasteiger partial charge in [0.1, 0.15) is 5.75 Å². The minimum Gasteiger partial charge on any atom is -0.484 e. The zero-order valence-corrected chi connectivity index (χ0v) is 12.1. The maximum Gasteiger partial charge on any atom is 0.260 e. The Hall–Kier alpha value is -1.59. The third-order valence-electron chi connectivity index (χ3n) is 3.58. The van der Waals surface area contributed by atoms with Crippen LogP contribution in [0.25, 0.3) is 0 Å². The first-order valence-corrected chi connectivity index (χ1v) is 6.93. The molecule has 0 aliphatic carbocycles. The number of ether oxygens (including phenoxy) is 1. The minimum atomic E-state index is -0.490. The molecule has 20 heavy (non-hydrogen) atoms. The third-order valence-corrected chi connectivity index (χ3v) is 3.58. The van der Waals surface area contributed by atoms with Crippen molar-refractivity contribution >= 4 is 5.91 Å². The number of hydrogen-bond donors (Lipinski definition) is 1. The summed E-state index contributed by atoms with van der Waals surface area (Å²) in [4.78, 5) is 16.0. The molecule has 0 aromatic heterocycles. The fraction of sp³-hybridized carbons (Fsp3) is 0.533. The van der Waals surface area contributed by atoms with Crippen molar-refractivity contribution in [2.24, 2.45) is 0 Å². The number of aliphatic hydroxyl groups is 1. The van der Waals surface area contributed by atoms with Crippen molar-refractivity contribution in [1.82, 2.24) is 9.80 Å². The van der Waals surface area contributed by atoms with Crippen molar-refractivity contribution in [3.8, 4) is 5.75 Å². The van der Waals surface area contributed by atoms with Gasteiger partial charge in [-0.3, -0.25) is 4.79 Å². The van der Waals surface area contributed by atoms with Crippen LogP contribution in [0, 0.1) is 0 Å². The topological polar surface area (TPSA) is 53.0 Å². The molecule has 0 bridgehead atoms. The molecule has 1 heterocycles. The van der Waals surface area contributed by atoms with Crippen molar-refractivity contribution < 1.29 is 14.6 Å². The lowest BCUT2D eigenvalue weighted by atomic mass is 10.1. The Labute approximate surface area is 119 Å². The van der Waals surface area contributed by atoms with Gasteiger partial charge in [0.15, 0.2) is 6.61 Å². The summed E-state index contributed by atoms with van der Waals surface area (Å²) in [5, 5.41) is 9.42. The highest BCUT2D eigenvalue weighted by atomic mass is 16.5. The second kappa shape index (κ2) is 6.72. The second-order valence-corrected chi connectivity index (χ2v) is 5.22. The Morgan fingerprint density at radius 1 is 1.25 bits per heavy atom. The molecule has 1 N–H and O–H groups in total. The number of piperazine rings is 1. The predicted octanol–water partition coefficient (Wildman–Crippen LogP) is 0.893. The molecule has 1 aliphatic rings. The Bertz CT molecular complexity index is 437. The molecule has 1 saturated heterocycles. The average Bonchev–Trinajstić information content (AvgIpc) is 2.46. The number of carbonyl (C=O) groups is 1. The van der Waals surface area contributed by atoms with E-state index >= 15 is 0 Å². The van der Waals surface area contributed by atoms with E-state index in [0.29, 0.717) is 5.75 Å². The number of hydrogen-bond acceptors (Lipinski definition) is 4. The van der Waals surface area contributed by atoms with E-state index in [0.717, 1.165) is 31.7 Å². The lowest BCUT2D eigenvalue weighted by Crippen LogP contribution is -2.48. The number of amides is 1. The van der Waals surface area contributed by atoms with Gasteiger partial charge >= 0.3 is 0 Å². The average molecular weight is 278 g/mol. The number of aliphatic hydroxyl groups excluding tert-OH is 1. The Morgan fingerprint density at radius 3 is 2.40 bits per heavy atom. The van der Waals surface area contributed by atoms with Crippen molar-refractivity contribution in [3.05, 3.63) is 29.8 Å². The summed E-state index contributed by atoms with van der Waals surface area (Å²) in [6, 6.07) is 7.17. The monoisotopic (exact) mass is 278 g/mol. The van der Waals surface area contributed by atoms with Gasteiger partial charge < -0.3 is 19.6 Å². The van der Waals surface area contributed by atoms with E-state index < -0.39 is 6.10 Å². The highest BCUT2D eigenvalue weighted by Gasteiger charge is 2.19. The summed E-state index contributed by atoms with van der Waals surface area (Å²) in [6.07, 6.45) is -0.490. The van der Waals surface area contributed by atoms with E-state index in [1.165, 1.54) is 0 Å². The van der Waals surface area contributed by atoms with E-state index in [9.17, 15) is 9.90 Å². The van der Waals surface area contributed by atoms with Gasteiger partial charge in [-0.15, -0.1) is 0 Å². The largest absolute Gasteiger partial charge is 0.484 e. The molecule has 5 heteroatoms. The number of carbonyl (C=O) groups excluding carboxylic acids is 1. The molecule has 2 rings (SSSR count). The van der Waals surface area contributed by atoms with Crippen LogP contribution in [0.4, 0.5) is 0 Å². The minimum absolute atomic E-state index is 0.0257. The highest BCUT2D eigenvalue weighted by Crippen LogP contribution is 2.17. The highest BCUT2D eigenvalue weighted by molar-refractivity contribution is 5.77. The van der Waals surface area contributed by atoms with E-state index in [1.807, 2.05) is 4.90 Å². The van der Waals surface area contributed by atoms with Gasteiger partial charge in [-0.05, 0) is 31.7 Å².